The van der Waals surface area contributed by atoms with Gasteiger partial charge >= 0.3 is 0 Å². The van der Waals surface area contributed by atoms with Crippen LogP contribution in [0.1, 0.15) is 75.9 Å². The lowest BCUT2D eigenvalue weighted by Gasteiger charge is -2.25. The third-order valence-electron chi connectivity index (χ3n) is 4.91. The molecule has 2 aliphatic rings. The molecule has 0 atom stereocenters. The Morgan fingerprint density at radius 3 is 2.47 bits per heavy atom. The molecule has 1 aromatic heterocycles. The van der Waals surface area contributed by atoms with Crippen molar-refractivity contribution in [1.82, 2.24) is 9.78 Å². The summed E-state index contributed by atoms with van der Waals surface area (Å²) in [6.07, 6.45) is 14.9. The summed E-state index contributed by atoms with van der Waals surface area (Å²) < 4.78 is 2.14. The Labute approximate surface area is 116 Å². The summed E-state index contributed by atoms with van der Waals surface area (Å²) >= 11 is 0. The van der Waals surface area contributed by atoms with E-state index in [1.165, 1.54) is 51.4 Å². The zero-order valence-corrected chi connectivity index (χ0v) is 11.9. The molecule has 0 saturated heterocycles. The van der Waals surface area contributed by atoms with E-state index in [4.69, 9.17) is 5.10 Å². The van der Waals surface area contributed by atoms with Gasteiger partial charge < -0.3 is 5.11 Å². The summed E-state index contributed by atoms with van der Waals surface area (Å²) in [7, 11) is 0. The maximum atomic E-state index is 10.7. The molecule has 1 heterocycles. The van der Waals surface area contributed by atoms with Crippen molar-refractivity contribution in [2.45, 2.75) is 82.3 Å². The van der Waals surface area contributed by atoms with Gasteiger partial charge in [0.2, 0.25) is 0 Å². The molecule has 106 valence electrons. The fourth-order valence-corrected chi connectivity index (χ4v) is 3.74. The largest absolute Gasteiger partial charge is 0.389 e. The Bertz CT molecular complexity index is 399. The minimum Gasteiger partial charge on any atom is -0.389 e. The van der Waals surface area contributed by atoms with Crippen LogP contribution in [0.15, 0.2) is 12.3 Å². The predicted octanol–water partition coefficient (Wildman–Crippen LogP) is 3.63. The molecule has 0 amide bonds. The van der Waals surface area contributed by atoms with E-state index in [0.717, 1.165) is 25.0 Å². The number of hydrogen-bond acceptors (Lipinski definition) is 2. The van der Waals surface area contributed by atoms with Crippen LogP contribution < -0.4 is 0 Å². The molecule has 3 rings (SSSR count). The average Bonchev–Trinajstić information content (AvgIpc) is 3.00. The Balaban J connectivity index is 1.65. The van der Waals surface area contributed by atoms with Crippen molar-refractivity contribution in [2.75, 3.05) is 0 Å². The van der Waals surface area contributed by atoms with Gasteiger partial charge in [-0.1, -0.05) is 38.5 Å². The molecular formula is C16H26N2O. The highest BCUT2D eigenvalue weighted by Gasteiger charge is 2.29. The normalized spacial score (nSPS) is 24.5. The first-order valence-electron chi connectivity index (χ1n) is 8.02. The van der Waals surface area contributed by atoms with E-state index in [0.29, 0.717) is 6.04 Å². The van der Waals surface area contributed by atoms with Crippen molar-refractivity contribution in [1.29, 1.82) is 0 Å². The van der Waals surface area contributed by atoms with Crippen molar-refractivity contribution < 1.29 is 5.11 Å². The summed E-state index contributed by atoms with van der Waals surface area (Å²) in [6, 6.07) is 2.72. The molecule has 3 heteroatoms. The van der Waals surface area contributed by atoms with Crippen LogP contribution in [0.3, 0.4) is 0 Å². The van der Waals surface area contributed by atoms with E-state index in [1.807, 2.05) is 0 Å². The van der Waals surface area contributed by atoms with E-state index in [-0.39, 0.29) is 0 Å². The van der Waals surface area contributed by atoms with Crippen molar-refractivity contribution in [3.05, 3.63) is 18.0 Å². The van der Waals surface area contributed by atoms with Gasteiger partial charge in [0.25, 0.3) is 0 Å². The van der Waals surface area contributed by atoms with Crippen molar-refractivity contribution >= 4 is 0 Å². The summed E-state index contributed by atoms with van der Waals surface area (Å²) in [6.45, 7) is 0. The number of hydrogen-bond donors (Lipinski definition) is 1. The quantitative estimate of drug-likeness (QED) is 0.845. The highest BCUT2D eigenvalue weighted by Crippen LogP contribution is 2.31. The van der Waals surface area contributed by atoms with E-state index in [2.05, 4.69) is 16.9 Å². The standard InChI is InChI=1S/C16H26N2O/c19-16(10-5-1-2-6-11-16)13-14-9-12-18(17-14)15-7-3-4-8-15/h9,12,15,19H,1-8,10-11,13H2. The monoisotopic (exact) mass is 262 g/mol. The van der Waals surface area contributed by atoms with Gasteiger partial charge in [-0.2, -0.15) is 5.10 Å². The zero-order chi connectivity index (χ0) is 13.1. The Kier molecular flexibility index (Phi) is 3.92. The Morgan fingerprint density at radius 2 is 1.79 bits per heavy atom. The maximum absolute atomic E-state index is 10.7. The zero-order valence-electron chi connectivity index (χ0n) is 11.9. The highest BCUT2D eigenvalue weighted by molar-refractivity contribution is 5.05. The third kappa shape index (κ3) is 3.19. The van der Waals surface area contributed by atoms with Crippen molar-refractivity contribution in [2.24, 2.45) is 0 Å². The lowest BCUT2D eigenvalue weighted by molar-refractivity contribution is 0.0242. The van der Waals surface area contributed by atoms with Gasteiger partial charge in [-0.25, -0.2) is 0 Å². The van der Waals surface area contributed by atoms with E-state index in [9.17, 15) is 5.11 Å². The molecule has 3 nitrogen and oxygen atoms in total. The smallest absolute Gasteiger partial charge is 0.0703 e. The Hall–Kier alpha value is -0.830. The van der Waals surface area contributed by atoms with Crippen LogP contribution in [-0.4, -0.2) is 20.5 Å². The number of rotatable bonds is 3. The van der Waals surface area contributed by atoms with Crippen LogP contribution in [-0.2, 0) is 6.42 Å². The molecule has 0 spiro atoms. The van der Waals surface area contributed by atoms with Gasteiger partial charge in [0.1, 0.15) is 0 Å². The third-order valence-corrected chi connectivity index (χ3v) is 4.91. The van der Waals surface area contributed by atoms with Gasteiger partial charge in [-0.3, -0.25) is 4.68 Å². The molecular weight excluding hydrogens is 236 g/mol. The summed E-state index contributed by atoms with van der Waals surface area (Å²) in [5.41, 5.74) is 0.585. The van der Waals surface area contributed by atoms with Gasteiger partial charge in [0, 0.05) is 12.6 Å². The molecule has 1 N–H and O–H groups in total. The molecule has 2 aliphatic carbocycles. The first-order chi connectivity index (χ1) is 9.25. The molecule has 0 bridgehead atoms. The summed E-state index contributed by atoms with van der Waals surface area (Å²) in [4.78, 5) is 0. The minimum absolute atomic E-state index is 0.495. The van der Waals surface area contributed by atoms with Gasteiger partial charge in [0.05, 0.1) is 17.3 Å². The van der Waals surface area contributed by atoms with Crippen molar-refractivity contribution in [3.63, 3.8) is 0 Å². The lowest BCUT2D eigenvalue weighted by atomic mass is 9.89. The average molecular weight is 262 g/mol. The summed E-state index contributed by atoms with van der Waals surface area (Å²) in [5.74, 6) is 0. The molecule has 2 saturated carbocycles. The van der Waals surface area contributed by atoms with Gasteiger partial charge in [-0.15, -0.1) is 0 Å². The predicted molar refractivity (Wildman–Crippen MR) is 76.1 cm³/mol. The molecule has 2 fully saturated rings. The SMILES string of the molecule is OC1(Cc2ccn(C3CCCC3)n2)CCCCCC1. The second-order valence-corrected chi connectivity index (χ2v) is 6.54. The number of nitrogens with zero attached hydrogens (tertiary/aromatic N) is 2. The molecule has 0 aliphatic heterocycles. The van der Waals surface area contributed by atoms with Crippen LogP contribution in [0.25, 0.3) is 0 Å². The lowest BCUT2D eigenvalue weighted by Crippen LogP contribution is -2.30. The first-order valence-corrected chi connectivity index (χ1v) is 8.02. The summed E-state index contributed by atoms with van der Waals surface area (Å²) in [5, 5.41) is 15.4. The van der Waals surface area contributed by atoms with E-state index in [1.54, 1.807) is 0 Å². The van der Waals surface area contributed by atoms with Crippen LogP contribution in [0.5, 0.6) is 0 Å². The topological polar surface area (TPSA) is 38.0 Å². The van der Waals surface area contributed by atoms with Gasteiger partial charge in [-0.05, 0) is 31.7 Å². The minimum atomic E-state index is -0.495. The molecule has 1 aromatic rings. The maximum Gasteiger partial charge on any atom is 0.0703 e. The first kappa shape index (κ1) is 13.2. The molecule has 19 heavy (non-hydrogen) atoms. The van der Waals surface area contributed by atoms with Crippen LogP contribution in [0, 0.1) is 0 Å². The van der Waals surface area contributed by atoms with Crippen LogP contribution in [0.4, 0.5) is 0 Å². The highest BCUT2D eigenvalue weighted by atomic mass is 16.3. The number of aliphatic hydroxyl groups is 1. The van der Waals surface area contributed by atoms with E-state index < -0.39 is 5.60 Å². The molecule has 0 radical (unpaired) electrons. The van der Waals surface area contributed by atoms with Crippen LogP contribution in [0.2, 0.25) is 0 Å². The van der Waals surface area contributed by atoms with Crippen LogP contribution >= 0.6 is 0 Å². The number of aromatic nitrogens is 2. The second-order valence-electron chi connectivity index (χ2n) is 6.54. The second kappa shape index (κ2) is 5.66. The van der Waals surface area contributed by atoms with Gasteiger partial charge in [0.15, 0.2) is 0 Å². The van der Waals surface area contributed by atoms with Crippen molar-refractivity contribution in [3.8, 4) is 0 Å². The van der Waals surface area contributed by atoms with E-state index >= 15 is 0 Å². The fraction of sp³-hybridized carbons (Fsp3) is 0.812. The fourth-order valence-electron chi connectivity index (χ4n) is 3.74. The Morgan fingerprint density at radius 1 is 1.11 bits per heavy atom. The molecule has 0 aromatic carbocycles. The molecule has 0 unspecified atom stereocenters.